The van der Waals surface area contributed by atoms with Crippen LogP contribution in [0.3, 0.4) is 0 Å². The largest absolute Gasteiger partial charge is 0.321 e. The highest BCUT2D eigenvalue weighted by Gasteiger charge is 2.05. The molecule has 2 nitrogen and oxygen atoms in total. The lowest BCUT2D eigenvalue weighted by atomic mass is 10.1. The van der Waals surface area contributed by atoms with Crippen LogP contribution in [-0.4, -0.2) is 11.8 Å². The van der Waals surface area contributed by atoms with Crippen LogP contribution >= 0.6 is 0 Å². The number of benzene rings is 1. The zero-order valence-corrected chi connectivity index (χ0v) is 8.31. The number of hydrogen-bond acceptors (Lipinski definition) is 2. The molecule has 1 rings (SSSR count). The molecule has 0 radical (unpaired) electrons. The third-order valence-electron chi connectivity index (χ3n) is 2.04. The molecule has 0 saturated carbocycles. The zero-order chi connectivity index (χ0) is 10.4. The summed E-state index contributed by atoms with van der Waals surface area (Å²) in [4.78, 5) is 11.3. The third kappa shape index (κ3) is 3.15. The second-order valence-electron chi connectivity index (χ2n) is 3.16. The lowest BCUT2D eigenvalue weighted by Gasteiger charge is -2.01. The topological polar surface area (TPSA) is 43.1 Å². The molecule has 0 aliphatic heterocycles. The molecule has 1 aromatic carbocycles. The quantitative estimate of drug-likeness (QED) is 0.736. The van der Waals surface area contributed by atoms with Gasteiger partial charge in [0.2, 0.25) is 0 Å². The maximum Gasteiger partial charge on any atom is 0.172 e. The molecule has 0 saturated heterocycles. The van der Waals surface area contributed by atoms with E-state index < -0.39 is 0 Å². The van der Waals surface area contributed by atoms with Crippen LogP contribution in [0.2, 0.25) is 0 Å². The Morgan fingerprint density at radius 2 is 2.07 bits per heavy atom. The Morgan fingerprint density at radius 3 is 2.64 bits per heavy atom. The van der Waals surface area contributed by atoms with Crippen molar-refractivity contribution < 1.29 is 4.79 Å². The fourth-order valence-corrected chi connectivity index (χ4v) is 1.07. The molecule has 1 unspecified atom stereocenters. The summed E-state index contributed by atoms with van der Waals surface area (Å²) in [6.07, 6.45) is 4.01. The van der Waals surface area contributed by atoms with Crippen LogP contribution in [0.15, 0.2) is 36.4 Å². The van der Waals surface area contributed by atoms with Crippen LogP contribution in [0.1, 0.15) is 18.9 Å². The van der Waals surface area contributed by atoms with Gasteiger partial charge >= 0.3 is 0 Å². The van der Waals surface area contributed by atoms with Gasteiger partial charge in [-0.05, 0) is 18.1 Å². The van der Waals surface area contributed by atoms with Gasteiger partial charge in [0.15, 0.2) is 5.78 Å². The summed E-state index contributed by atoms with van der Waals surface area (Å²) in [5, 5.41) is 0. The molecular weight excluding hydrogens is 174 g/mol. The number of carbonyl (C=O) groups excluding carboxylic acids is 1. The molecular formula is C12H15NO. The summed E-state index contributed by atoms with van der Waals surface area (Å²) in [5.41, 5.74) is 6.60. The second kappa shape index (κ2) is 5.35. The average Bonchev–Trinajstić information content (AvgIpc) is 2.26. The number of ketones is 1. The van der Waals surface area contributed by atoms with E-state index in [0.29, 0.717) is 6.42 Å². The second-order valence-corrected chi connectivity index (χ2v) is 3.16. The van der Waals surface area contributed by atoms with E-state index in [1.807, 2.05) is 37.3 Å². The van der Waals surface area contributed by atoms with Crippen molar-refractivity contribution in [3.63, 3.8) is 0 Å². The van der Waals surface area contributed by atoms with Crippen molar-refractivity contribution in [1.82, 2.24) is 0 Å². The minimum Gasteiger partial charge on any atom is -0.321 e. The minimum atomic E-state index is -0.366. The van der Waals surface area contributed by atoms with Gasteiger partial charge in [-0.15, -0.1) is 0 Å². The molecule has 0 aliphatic carbocycles. The first-order valence-corrected chi connectivity index (χ1v) is 4.76. The Balaban J connectivity index is 2.61. The van der Waals surface area contributed by atoms with E-state index in [9.17, 15) is 4.79 Å². The summed E-state index contributed by atoms with van der Waals surface area (Å²) in [6.45, 7) is 1.90. The highest BCUT2D eigenvalue weighted by Crippen LogP contribution is 2.01. The molecule has 0 aromatic heterocycles. The molecule has 1 atom stereocenters. The molecule has 74 valence electrons. The van der Waals surface area contributed by atoms with Gasteiger partial charge in [-0.3, -0.25) is 4.79 Å². The van der Waals surface area contributed by atoms with E-state index in [1.165, 1.54) is 0 Å². The summed E-state index contributed by atoms with van der Waals surface area (Å²) < 4.78 is 0. The first-order chi connectivity index (χ1) is 6.74. The fourth-order valence-electron chi connectivity index (χ4n) is 1.07. The molecule has 0 fully saturated rings. The number of nitrogens with two attached hydrogens (primary N) is 1. The van der Waals surface area contributed by atoms with E-state index >= 15 is 0 Å². The van der Waals surface area contributed by atoms with Crippen molar-refractivity contribution in [2.45, 2.75) is 19.4 Å². The van der Waals surface area contributed by atoms with Gasteiger partial charge in [-0.1, -0.05) is 43.3 Å². The first-order valence-electron chi connectivity index (χ1n) is 4.76. The van der Waals surface area contributed by atoms with Crippen molar-refractivity contribution in [1.29, 1.82) is 0 Å². The highest BCUT2D eigenvalue weighted by molar-refractivity contribution is 5.97. The van der Waals surface area contributed by atoms with Crippen LogP contribution in [0.25, 0.3) is 6.08 Å². The molecule has 0 heterocycles. The molecule has 14 heavy (non-hydrogen) atoms. The smallest absolute Gasteiger partial charge is 0.172 e. The summed E-state index contributed by atoms with van der Waals surface area (Å²) >= 11 is 0. The molecule has 0 aliphatic rings. The molecule has 0 spiro atoms. The van der Waals surface area contributed by atoms with Crippen molar-refractivity contribution in [2.24, 2.45) is 5.73 Å². The van der Waals surface area contributed by atoms with Gasteiger partial charge < -0.3 is 5.73 Å². The van der Waals surface area contributed by atoms with Crippen LogP contribution in [0.4, 0.5) is 0 Å². The van der Waals surface area contributed by atoms with E-state index in [1.54, 1.807) is 12.2 Å². The van der Waals surface area contributed by atoms with Crippen molar-refractivity contribution in [3.05, 3.63) is 42.0 Å². The highest BCUT2D eigenvalue weighted by atomic mass is 16.1. The van der Waals surface area contributed by atoms with Gasteiger partial charge in [0.05, 0.1) is 6.04 Å². The summed E-state index contributed by atoms with van der Waals surface area (Å²) in [6, 6.07) is 9.34. The lowest BCUT2D eigenvalue weighted by Crippen LogP contribution is -2.27. The fraction of sp³-hybridized carbons (Fsp3) is 0.250. The normalized spacial score (nSPS) is 13.0. The number of carbonyl (C=O) groups is 1. The molecule has 0 bridgehead atoms. The predicted octanol–water partition coefficient (Wildman–Crippen LogP) is 2.01. The Hall–Kier alpha value is -1.41. The van der Waals surface area contributed by atoms with E-state index in [2.05, 4.69) is 0 Å². The van der Waals surface area contributed by atoms with Crippen molar-refractivity contribution in [3.8, 4) is 0 Å². The van der Waals surface area contributed by atoms with Crippen molar-refractivity contribution in [2.75, 3.05) is 0 Å². The van der Waals surface area contributed by atoms with E-state index in [0.717, 1.165) is 5.56 Å². The van der Waals surface area contributed by atoms with Gasteiger partial charge in [0, 0.05) is 0 Å². The third-order valence-corrected chi connectivity index (χ3v) is 2.04. The van der Waals surface area contributed by atoms with Crippen LogP contribution < -0.4 is 5.73 Å². The average molecular weight is 189 g/mol. The zero-order valence-electron chi connectivity index (χ0n) is 8.31. The lowest BCUT2D eigenvalue weighted by molar-refractivity contribution is -0.115. The van der Waals surface area contributed by atoms with Crippen molar-refractivity contribution >= 4 is 11.9 Å². The molecule has 2 heteroatoms. The van der Waals surface area contributed by atoms with E-state index in [-0.39, 0.29) is 11.8 Å². The Morgan fingerprint density at radius 1 is 1.43 bits per heavy atom. The molecule has 2 N–H and O–H groups in total. The Bertz CT molecular complexity index is 316. The van der Waals surface area contributed by atoms with Gasteiger partial charge in [0.1, 0.15) is 0 Å². The summed E-state index contributed by atoms with van der Waals surface area (Å²) in [5.74, 6) is -0.0173. The first kappa shape index (κ1) is 10.7. The number of hydrogen-bond donors (Lipinski definition) is 1. The SMILES string of the molecule is CCC(N)C(=O)/C=C/c1ccccc1. The number of rotatable bonds is 4. The predicted molar refractivity (Wildman–Crippen MR) is 58.7 cm³/mol. The van der Waals surface area contributed by atoms with Crippen LogP contribution in [0, 0.1) is 0 Å². The maximum atomic E-state index is 11.3. The van der Waals surface area contributed by atoms with Crippen LogP contribution in [-0.2, 0) is 4.79 Å². The Labute approximate surface area is 84.4 Å². The molecule has 1 aromatic rings. The van der Waals surface area contributed by atoms with Gasteiger partial charge in [-0.25, -0.2) is 0 Å². The van der Waals surface area contributed by atoms with Crippen LogP contribution in [0.5, 0.6) is 0 Å². The van der Waals surface area contributed by atoms with E-state index in [4.69, 9.17) is 5.73 Å². The standard InChI is InChI=1S/C12H15NO/c1-2-11(13)12(14)9-8-10-6-4-3-5-7-10/h3-9,11H,2,13H2,1H3/b9-8+. The monoisotopic (exact) mass is 189 g/mol. The summed E-state index contributed by atoms with van der Waals surface area (Å²) in [7, 11) is 0. The molecule has 0 amide bonds. The van der Waals surface area contributed by atoms with Gasteiger partial charge in [-0.2, -0.15) is 0 Å². The van der Waals surface area contributed by atoms with Gasteiger partial charge in [0.25, 0.3) is 0 Å². The Kier molecular flexibility index (Phi) is 4.08. The maximum absolute atomic E-state index is 11.3. The minimum absolute atomic E-state index is 0.0173.